The molecule has 0 aliphatic rings. The highest BCUT2D eigenvalue weighted by atomic mass is 16.2. The highest BCUT2D eigenvalue weighted by Crippen LogP contribution is 2.30. The summed E-state index contributed by atoms with van der Waals surface area (Å²) in [6, 6.07) is 18.3. The Bertz CT molecular complexity index is 803. The number of rotatable bonds is 5. The zero-order valence-corrected chi connectivity index (χ0v) is 13.6. The predicted octanol–water partition coefficient (Wildman–Crippen LogP) is 3.80. The normalized spacial score (nSPS) is 11.6. The fourth-order valence-electron chi connectivity index (χ4n) is 2.90. The Morgan fingerprint density at radius 2 is 1.74 bits per heavy atom. The lowest BCUT2D eigenvalue weighted by molar-refractivity contribution is -0.125. The number of fused-ring (bicyclic) bond motifs is 1. The van der Waals surface area contributed by atoms with Crippen molar-refractivity contribution in [2.45, 2.75) is 25.7 Å². The quantitative estimate of drug-likeness (QED) is 0.740. The average Bonchev–Trinajstić information content (AvgIpc) is 3.00. The van der Waals surface area contributed by atoms with Gasteiger partial charge in [-0.3, -0.25) is 4.79 Å². The summed E-state index contributed by atoms with van der Waals surface area (Å²) in [5.41, 5.74) is 2.76. The molecule has 1 heterocycles. The Hall–Kier alpha value is -2.55. The largest absolute Gasteiger partial charge is 0.361 e. The van der Waals surface area contributed by atoms with Crippen molar-refractivity contribution in [3.63, 3.8) is 0 Å². The third-order valence-corrected chi connectivity index (χ3v) is 4.37. The third-order valence-electron chi connectivity index (χ3n) is 4.37. The highest BCUT2D eigenvalue weighted by molar-refractivity contribution is 5.94. The highest BCUT2D eigenvalue weighted by Gasteiger charge is 2.31. The molecule has 0 unspecified atom stereocenters. The standard InChI is InChI=1S/C20H22N2O/c1-20(2,17-14-22-18-11-7-6-10-16(17)18)19(23)21-13-12-15-8-4-3-5-9-15/h3-11,14,22H,12-13H2,1-2H3,(H,21,23). The van der Waals surface area contributed by atoms with E-state index in [-0.39, 0.29) is 5.91 Å². The van der Waals surface area contributed by atoms with E-state index in [4.69, 9.17) is 0 Å². The molecule has 0 aliphatic carbocycles. The molecule has 1 aromatic heterocycles. The van der Waals surface area contributed by atoms with E-state index in [1.54, 1.807) is 0 Å². The summed E-state index contributed by atoms with van der Waals surface area (Å²) < 4.78 is 0. The van der Waals surface area contributed by atoms with Gasteiger partial charge < -0.3 is 10.3 Å². The zero-order chi connectivity index (χ0) is 16.3. The van der Waals surface area contributed by atoms with Crippen LogP contribution in [0.1, 0.15) is 25.0 Å². The fourth-order valence-corrected chi connectivity index (χ4v) is 2.90. The molecule has 3 nitrogen and oxygen atoms in total. The second-order valence-corrected chi connectivity index (χ2v) is 6.36. The molecule has 0 fully saturated rings. The predicted molar refractivity (Wildman–Crippen MR) is 94.5 cm³/mol. The Kier molecular flexibility index (Phi) is 4.20. The number of H-pyrrole nitrogens is 1. The van der Waals surface area contributed by atoms with E-state index in [2.05, 4.69) is 28.5 Å². The van der Waals surface area contributed by atoms with Crippen LogP contribution in [0, 0.1) is 0 Å². The smallest absolute Gasteiger partial charge is 0.230 e. The van der Waals surface area contributed by atoms with Crippen molar-refractivity contribution < 1.29 is 4.79 Å². The van der Waals surface area contributed by atoms with Gasteiger partial charge in [-0.05, 0) is 37.5 Å². The summed E-state index contributed by atoms with van der Waals surface area (Å²) in [6.07, 6.45) is 2.79. The van der Waals surface area contributed by atoms with Crippen LogP contribution in [0.3, 0.4) is 0 Å². The van der Waals surface area contributed by atoms with E-state index < -0.39 is 5.41 Å². The Morgan fingerprint density at radius 1 is 1.04 bits per heavy atom. The lowest BCUT2D eigenvalue weighted by atomic mass is 9.83. The first-order valence-corrected chi connectivity index (χ1v) is 7.98. The van der Waals surface area contributed by atoms with Gasteiger partial charge in [0.1, 0.15) is 0 Å². The van der Waals surface area contributed by atoms with Gasteiger partial charge >= 0.3 is 0 Å². The number of hydrogen-bond acceptors (Lipinski definition) is 1. The molecule has 0 atom stereocenters. The van der Waals surface area contributed by atoms with Crippen molar-refractivity contribution in [3.8, 4) is 0 Å². The molecule has 0 radical (unpaired) electrons. The lowest BCUT2D eigenvalue weighted by Gasteiger charge is -2.23. The maximum absolute atomic E-state index is 12.7. The number of carbonyl (C=O) groups excluding carboxylic acids is 1. The molecule has 2 N–H and O–H groups in total. The van der Waals surface area contributed by atoms with Crippen LogP contribution in [0.5, 0.6) is 0 Å². The second-order valence-electron chi connectivity index (χ2n) is 6.36. The third kappa shape index (κ3) is 3.14. The molecule has 0 aliphatic heterocycles. The number of aromatic amines is 1. The van der Waals surface area contributed by atoms with Gasteiger partial charge in [0.05, 0.1) is 5.41 Å². The van der Waals surface area contributed by atoms with Crippen molar-refractivity contribution in [2.75, 3.05) is 6.54 Å². The Morgan fingerprint density at radius 3 is 2.52 bits per heavy atom. The molecule has 0 spiro atoms. The summed E-state index contributed by atoms with van der Waals surface area (Å²) in [6.45, 7) is 4.59. The average molecular weight is 306 g/mol. The van der Waals surface area contributed by atoms with Crippen molar-refractivity contribution in [3.05, 3.63) is 71.9 Å². The molecule has 3 rings (SSSR count). The molecule has 1 amide bonds. The molecule has 3 aromatic rings. The first-order chi connectivity index (χ1) is 11.1. The Labute approximate surface area is 136 Å². The molecule has 0 saturated heterocycles. The van der Waals surface area contributed by atoms with Crippen molar-refractivity contribution in [2.24, 2.45) is 0 Å². The number of aromatic nitrogens is 1. The van der Waals surface area contributed by atoms with Crippen molar-refractivity contribution >= 4 is 16.8 Å². The summed E-state index contributed by atoms with van der Waals surface area (Å²) in [5.74, 6) is 0.0539. The number of hydrogen-bond donors (Lipinski definition) is 2. The van der Waals surface area contributed by atoms with Crippen molar-refractivity contribution in [1.29, 1.82) is 0 Å². The van der Waals surface area contributed by atoms with E-state index in [1.165, 1.54) is 5.56 Å². The number of nitrogens with one attached hydrogen (secondary N) is 2. The van der Waals surface area contributed by atoms with Crippen LogP contribution in [-0.2, 0) is 16.6 Å². The van der Waals surface area contributed by atoms with E-state index in [9.17, 15) is 4.79 Å². The second kappa shape index (κ2) is 6.29. The van der Waals surface area contributed by atoms with Gasteiger partial charge in [0.2, 0.25) is 5.91 Å². The van der Waals surface area contributed by atoms with Gasteiger partial charge in [-0.15, -0.1) is 0 Å². The molecule has 23 heavy (non-hydrogen) atoms. The van der Waals surface area contributed by atoms with Gasteiger partial charge in [0, 0.05) is 23.6 Å². The van der Waals surface area contributed by atoms with E-state index in [1.807, 2.05) is 56.4 Å². The van der Waals surface area contributed by atoms with E-state index in [0.717, 1.165) is 22.9 Å². The summed E-state index contributed by atoms with van der Waals surface area (Å²) in [7, 11) is 0. The molecule has 2 aromatic carbocycles. The number of para-hydroxylation sites is 1. The maximum atomic E-state index is 12.7. The Balaban J connectivity index is 1.70. The van der Waals surface area contributed by atoms with Crippen LogP contribution < -0.4 is 5.32 Å². The lowest BCUT2D eigenvalue weighted by Crippen LogP contribution is -2.40. The maximum Gasteiger partial charge on any atom is 0.230 e. The molecule has 3 heteroatoms. The SMILES string of the molecule is CC(C)(C(=O)NCCc1ccccc1)c1c[nH]c2ccccc12. The number of carbonyl (C=O) groups is 1. The van der Waals surface area contributed by atoms with E-state index >= 15 is 0 Å². The topological polar surface area (TPSA) is 44.9 Å². The van der Waals surface area contributed by atoms with Crippen LogP contribution in [0.4, 0.5) is 0 Å². The molecule has 0 saturated carbocycles. The molecule has 118 valence electrons. The molecule has 0 bridgehead atoms. The van der Waals surface area contributed by atoms with Crippen molar-refractivity contribution in [1.82, 2.24) is 10.3 Å². The van der Waals surface area contributed by atoms with Crippen LogP contribution in [0.25, 0.3) is 10.9 Å². The minimum absolute atomic E-state index is 0.0539. The van der Waals surface area contributed by atoms with E-state index in [0.29, 0.717) is 6.54 Å². The first kappa shape index (κ1) is 15.3. The van der Waals surface area contributed by atoms with Crippen LogP contribution in [0.2, 0.25) is 0 Å². The summed E-state index contributed by atoms with van der Waals surface area (Å²) >= 11 is 0. The first-order valence-electron chi connectivity index (χ1n) is 7.98. The minimum Gasteiger partial charge on any atom is -0.361 e. The number of amides is 1. The fraction of sp³-hybridized carbons (Fsp3) is 0.250. The zero-order valence-electron chi connectivity index (χ0n) is 13.6. The van der Waals surface area contributed by atoms with Crippen LogP contribution in [-0.4, -0.2) is 17.4 Å². The monoisotopic (exact) mass is 306 g/mol. The van der Waals surface area contributed by atoms with Gasteiger partial charge in [-0.25, -0.2) is 0 Å². The van der Waals surface area contributed by atoms with Gasteiger partial charge in [0.15, 0.2) is 0 Å². The van der Waals surface area contributed by atoms with Gasteiger partial charge in [-0.1, -0.05) is 48.5 Å². The summed E-state index contributed by atoms with van der Waals surface area (Å²) in [5, 5.41) is 4.18. The van der Waals surface area contributed by atoms with Crippen LogP contribution >= 0.6 is 0 Å². The molecular weight excluding hydrogens is 284 g/mol. The van der Waals surface area contributed by atoms with Gasteiger partial charge in [0.25, 0.3) is 0 Å². The summed E-state index contributed by atoms with van der Waals surface area (Å²) in [4.78, 5) is 15.9. The number of benzene rings is 2. The minimum atomic E-state index is -0.573. The van der Waals surface area contributed by atoms with Crippen LogP contribution in [0.15, 0.2) is 60.8 Å². The van der Waals surface area contributed by atoms with Gasteiger partial charge in [-0.2, -0.15) is 0 Å². The molecular formula is C20H22N2O.